The summed E-state index contributed by atoms with van der Waals surface area (Å²) in [4.78, 5) is 19.1. The number of aliphatic hydroxyl groups is 1. The van der Waals surface area contributed by atoms with Gasteiger partial charge in [0.1, 0.15) is 24.1 Å². The normalized spacial score (nSPS) is 24.1. The van der Waals surface area contributed by atoms with Crippen LogP contribution in [0.25, 0.3) is 11.2 Å². The topological polar surface area (TPSA) is 97.9 Å². The van der Waals surface area contributed by atoms with Gasteiger partial charge < -0.3 is 19.5 Å². The van der Waals surface area contributed by atoms with Gasteiger partial charge >= 0.3 is 0 Å². The van der Waals surface area contributed by atoms with Gasteiger partial charge in [-0.15, -0.1) is 0 Å². The lowest BCUT2D eigenvalue weighted by Crippen LogP contribution is -2.29. The van der Waals surface area contributed by atoms with Crippen molar-refractivity contribution < 1.29 is 14.6 Å². The molecule has 27 heavy (non-hydrogen) atoms. The van der Waals surface area contributed by atoms with E-state index in [1.807, 2.05) is 36.7 Å². The van der Waals surface area contributed by atoms with Crippen molar-refractivity contribution in [3.8, 4) is 0 Å². The summed E-state index contributed by atoms with van der Waals surface area (Å²) in [6.07, 6.45) is 6.53. The monoisotopic (exact) mass is 412 g/mol. The molecule has 0 bridgehead atoms. The number of hydrogen-bond donors (Lipinski definition) is 1. The first-order chi connectivity index (χ1) is 13.0. The van der Waals surface area contributed by atoms with Crippen LogP contribution in [0.2, 0.25) is 0 Å². The van der Waals surface area contributed by atoms with Gasteiger partial charge in [-0.3, -0.25) is 4.57 Å². The van der Waals surface area contributed by atoms with Crippen LogP contribution in [0.5, 0.6) is 0 Å². The molecule has 0 aromatic carbocycles. The predicted octanol–water partition coefficient (Wildman–Crippen LogP) is 2.07. The minimum Gasteiger partial charge on any atom is -0.394 e. The number of aliphatic imine (C=N–C) groups is 1. The molecule has 0 amide bonds. The fourth-order valence-electron chi connectivity index (χ4n) is 2.90. The Kier molecular flexibility index (Phi) is 6.93. The molecule has 1 saturated heterocycles. The van der Waals surface area contributed by atoms with Crippen LogP contribution < -0.4 is 0 Å². The number of nitrogens with zero attached hydrogens (tertiary/aromatic N) is 6. The highest BCUT2D eigenvalue weighted by atomic mass is 33.1. The highest BCUT2D eigenvalue weighted by Gasteiger charge is 2.38. The van der Waals surface area contributed by atoms with Gasteiger partial charge in [-0.2, -0.15) is 0 Å². The lowest BCUT2D eigenvalue weighted by Gasteiger charge is -2.20. The van der Waals surface area contributed by atoms with E-state index >= 15 is 0 Å². The molecule has 1 aliphatic heterocycles. The van der Waals surface area contributed by atoms with Crippen molar-refractivity contribution in [1.82, 2.24) is 24.4 Å². The third-order valence-corrected chi connectivity index (χ3v) is 5.98. The van der Waals surface area contributed by atoms with E-state index in [1.54, 1.807) is 34.3 Å². The fraction of sp³-hybridized carbons (Fsp3) is 0.625. The van der Waals surface area contributed by atoms with Gasteiger partial charge in [0.15, 0.2) is 17.0 Å². The van der Waals surface area contributed by atoms with Crippen molar-refractivity contribution in [3.63, 3.8) is 0 Å². The molecule has 1 N–H and O–H groups in total. The molecule has 1 unspecified atom stereocenters. The molecular formula is C16H24N6O3S2. The molecule has 2 aromatic heterocycles. The van der Waals surface area contributed by atoms with Crippen LogP contribution in [-0.4, -0.2) is 80.5 Å². The Morgan fingerprint density at radius 1 is 1.48 bits per heavy atom. The average Bonchev–Trinajstić information content (AvgIpc) is 3.23. The Bertz CT molecular complexity index is 787. The standard InChI is InChI=1S/C16H24N6O3S2/c1-10(27-26-4)24-11-5-13(25-12(11)6-23)22-9-19-14-15(20-8-21(2)3)17-7-18-16(14)22/h7-13,23H,5-6H2,1-4H3/b20-8+/t10-,11?,12-,13-/m1/s1. The van der Waals surface area contributed by atoms with Gasteiger partial charge in [-0.1, -0.05) is 21.6 Å². The lowest BCUT2D eigenvalue weighted by atomic mass is 10.2. The molecule has 11 heteroatoms. The maximum Gasteiger partial charge on any atom is 0.184 e. The van der Waals surface area contributed by atoms with E-state index in [-0.39, 0.29) is 30.5 Å². The fourth-order valence-corrected chi connectivity index (χ4v) is 4.31. The first-order valence-electron chi connectivity index (χ1n) is 8.52. The van der Waals surface area contributed by atoms with Crippen molar-refractivity contribution in [2.45, 2.75) is 37.2 Å². The van der Waals surface area contributed by atoms with Crippen molar-refractivity contribution in [2.75, 3.05) is 27.0 Å². The molecule has 4 atom stereocenters. The van der Waals surface area contributed by atoms with Crippen LogP contribution >= 0.6 is 21.6 Å². The molecule has 0 radical (unpaired) electrons. The number of rotatable bonds is 8. The molecule has 1 aliphatic rings. The largest absolute Gasteiger partial charge is 0.394 e. The Morgan fingerprint density at radius 3 is 3.00 bits per heavy atom. The molecule has 3 heterocycles. The van der Waals surface area contributed by atoms with Crippen LogP contribution in [-0.2, 0) is 9.47 Å². The quantitative estimate of drug-likeness (QED) is 0.302. The highest BCUT2D eigenvalue weighted by molar-refractivity contribution is 8.76. The number of aliphatic hydroxyl groups excluding tert-OH is 1. The summed E-state index contributed by atoms with van der Waals surface area (Å²) < 4.78 is 13.9. The zero-order valence-electron chi connectivity index (χ0n) is 15.7. The van der Waals surface area contributed by atoms with Crippen LogP contribution in [0.1, 0.15) is 19.6 Å². The van der Waals surface area contributed by atoms with Crippen molar-refractivity contribution >= 4 is 44.9 Å². The van der Waals surface area contributed by atoms with Crippen molar-refractivity contribution in [2.24, 2.45) is 4.99 Å². The van der Waals surface area contributed by atoms with Gasteiger partial charge in [-0.05, 0) is 13.2 Å². The van der Waals surface area contributed by atoms with Crippen molar-refractivity contribution in [1.29, 1.82) is 0 Å². The van der Waals surface area contributed by atoms with Gasteiger partial charge in [0.25, 0.3) is 0 Å². The number of ether oxygens (including phenoxy) is 2. The van der Waals surface area contributed by atoms with Crippen LogP contribution in [0.3, 0.4) is 0 Å². The highest BCUT2D eigenvalue weighted by Crippen LogP contribution is 2.36. The number of imidazole rings is 1. The van der Waals surface area contributed by atoms with E-state index < -0.39 is 0 Å². The minimum absolute atomic E-state index is 0.00947. The summed E-state index contributed by atoms with van der Waals surface area (Å²) in [5.74, 6) is 0.502. The van der Waals surface area contributed by atoms with Crippen molar-refractivity contribution in [3.05, 3.63) is 12.7 Å². The lowest BCUT2D eigenvalue weighted by molar-refractivity contribution is -0.0628. The molecule has 1 fully saturated rings. The van der Waals surface area contributed by atoms with Gasteiger partial charge in [-0.25, -0.2) is 19.9 Å². The third kappa shape index (κ3) is 4.72. The smallest absolute Gasteiger partial charge is 0.184 e. The van der Waals surface area contributed by atoms with E-state index in [0.29, 0.717) is 23.4 Å². The molecule has 2 aromatic rings. The Hall–Kier alpha value is -1.40. The van der Waals surface area contributed by atoms with Gasteiger partial charge in [0.05, 0.1) is 25.4 Å². The summed E-state index contributed by atoms with van der Waals surface area (Å²) in [7, 11) is 7.06. The zero-order valence-corrected chi connectivity index (χ0v) is 17.4. The second-order valence-corrected chi connectivity index (χ2v) is 9.05. The summed E-state index contributed by atoms with van der Waals surface area (Å²) in [6, 6.07) is 0. The first kappa shape index (κ1) is 20.3. The third-order valence-electron chi connectivity index (χ3n) is 4.02. The van der Waals surface area contributed by atoms with E-state index in [1.165, 1.54) is 6.33 Å². The summed E-state index contributed by atoms with van der Waals surface area (Å²) in [6.45, 7) is 1.90. The molecule has 0 saturated carbocycles. The number of fused-ring (bicyclic) bond motifs is 1. The van der Waals surface area contributed by atoms with Crippen LogP contribution in [0.15, 0.2) is 17.6 Å². The van der Waals surface area contributed by atoms with Crippen LogP contribution in [0, 0.1) is 0 Å². The second kappa shape index (κ2) is 9.20. The van der Waals surface area contributed by atoms with E-state index in [9.17, 15) is 5.11 Å². The SMILES string of the molecule is CSS[C@H](C)OC1C[C@H](n2cnc3c(/N=C/N(C)C)ncnc32)O[C@@H]1CO. The van der Waals surface area contributed by atoms with Gasteiger partial charge in [0, 0.05) is 20.5 Å². The van der Waals surface area contributed by atoms with E-state index in [4.69, 9.17) is 9.47 Å². The van der Waals surface area contributed by atoms with Crippen LogP contribution in [0.4, 0.5) is 5.82 Å². The molecule has 0 spiro atoms. The maximum atomic E-state index is 9.68. The van der Waals surface area contributed by atoms with E-state index in [0.717, 1.165) is 0 Å². The first-order valence-corrected chi connectivity index (χ1v) is 11.1. The minimum atomic E-state index is -0.384. The average molecular weight is 413 g/mol. The number of aromatic nitrogens is 4. The Morgan fingerprint density at radius 2 is 2.30 bits per heavy atom. The summed E-state index contributed by atoms with van der Waals surface area (Å²) >= 11 is 0. The zero-order chi connectivity index (χ0) is 19.4. The Labute approximate surface area is 166 Å². The summed E-state index contributed by atoms with van der Waals surface area (Å²) in [5.41, 5.74) is 1.26. The Balaban J connectivity index is 1.82. The number of hydrogen-bond acceptors (Lipinski definition) is 9. The van der Waals surface area contributed by atoms with E-state index in [2.05, 4.69) is 19.9 Å². The molecule has 0 aliphatic carbocycles. The summed E-state index contributed by atoms with van der Waals surface area (Å²) in [5, 5.41) is 9.68. The molecule has 148 valence electrons. The molecule has 9 nitrogen and oxygen atoms in total. The molecular weight excluding hydrogens is 388 g/mol. The maximum absolute atomic E-state index is 9.68. The predicted molar refractivity (Wildman–Crippen MR) is 108 cm³/mol. The van der Waals surface area contributed by atoms with Gasteiger partial charge in [0.2, 0.25) is 0 Å². The second-order valence-electron chi connectivity index (χ2n) is 6.28. The molecule has 3 rings (SSSR count).